The number of ether oxygens (including phenoxy) is 2. The molecule has 0 spiro atoms. The Kier molecular flexibility index (Phi) is 8.07. The van der Waals surface area contributed by atoms with E-state index in [-0.39, 0.29) is 34.2 Å². The predicted molar refractivity (Wildman–Crippen MR) is 113 cm³/mol. The minimum Gasteiger partial charge on any atom is -0.389 e. The Hall–Kier alpha value is -2.41. The number of hydrogen-bond acceptors (Lipinski definition) is 9. The van der Waals surface area contributed by atoms with Crippen molar-refractivity contribution in [2.45, 2.75) is 24.3 Å². The third kappa shape index (κ3) is 6.53. The number of thiazole rings is 1. The van der Waals surface area contributed by atoms with Gasteiger partial charge in [0.1, 0.15) is 0 Å². The molecule has 0 aliphatic carbocycles. The fraction of sp³-hybridized carbons (Fsp3) is 0.421. The highest BCUT2D eigenvalue weighted by atomic mass is 32.2. The van der Waals surface area contributed by atoms with Crippen molar-refractivity contribution in [1.29, 1.82) is 0 Å². The molecular formula is C19H22FN3O6S2. The summed E-state index contributed by atoms with van der Waals surface area (Å²) in [5, 5.41) is 5.96. The first-order valence-electron chi connectivity index (χ1n) is 9.54. The van der Waals surface area contributed by atoms with Crippen LogP contribution < -0.4 is 5.32 Å². The van der Waals surface area contributed by atoms with Gasteiger partial charge in [-0.05, 0) is 19.1 Å². The van der Waals surface area contributed by atoms with Crippen LogP contribution >= 0.6 is 11.3 Å². The number of nitrogens with one attached hydrogen (secondary N) is 1. The highest BCUT2D eigenvalue weighted by molar-refractivity contribution is 7.91. The number of carbonyl (C=O) groups is 1. The molecule has 0 radical (unpaired) electrons. The van der Waals surface area contributed by atoms with Gasteiger partial charge in [-0.15, -0.1) is 0 Å². The SMILES string of the molecule is CCOCCS(=O)(=O)c1ccc(C(=NO[C@@H]2CCOC2)C(=O)Nc2ncc(F)s2)cc1. The van der Waals surface area contributed by atoms with Crippen molar-refractivity contribution >= 4 is 37.9 Å². The van der Waals surface area contributed by atoms with Crippen LogP contribution in [0.3, 0.4) is 0 Å². The summed E-state index contributed by atoms with van der Waals surface area (Å²) < 4.78 is 48.3. The zero-order valence-electron chi connectivity index (χ0n) is 16.7. The number of oxime groups is 1. The normalized spacial score (nSPS) is 17.0. The molecule has 0 bridgehead atoms. The summed E-state index contributed by atoms with van der Waals surface area (Å²) in [6.07, 6.45) is 1.33. The van der Waals surface area contributed by atoms with Crippen molar-refractivity contribution in [1.82, 2.24) is 4.98 Å². The zero-order valence-corrected chi connectivity index (χ0v) is 18.4. The minimum atomic E-state index is -3.53. The van der Waals surface area contributed by atoms with Crippen molar-refractivity contribution in [2.75, 3.05) is 37.5 Å². The molecule has 2 aromatic rings. The van der Waals surface area contributed by atoms with Gasteiger partial charge in [0.15, 0.2) is 31.9 Å². The molecule has 0 unspecified atom stereocenters. The fourth-order valence-electron chi connectivity index (χ4n) is 2.67. The third-order valence-corrected chi connectivity index (χ3v) is 6.68. The molecular weight excluding hydrogens is 449 g/mol. The molecule has 1 aliphatic rings. The van der Waals surface area contributed by atoms with Crippen LogP contribution in [0.25, 0.3) is 0 Å². The fourth-order valence-corrected chi connectivity index (χ4v) is 4.33. The molecule has 1 fully saturated rings. The molecule has 3 rings (SSSR count). The average Bonchev–Trinajstić information content (AvgIpc) is 3.40. The van der Waals surface area contributed by atoms with E-state index in [1.54, 1.807) is 6.92 Å². The maximum absolute atomic E-state index is 13.2. The number of carbonyl (C=O) groups excluding carboxylic acids is 1. The van der Waals surface area contributed by atoms with Gasteiger partial charge in [0.2, 0.25) is 0 Å². The van der Waals surface area contributed by atoms with Gasteiger partial charge >= 0.3 is 0 Å². The molecule has 9 nitrogen and oxygen atoms in total. The third-order valence-electron chi connectivity index (χ3n) is 4.28. The van der Waals surface area contributed by atoms with Gasteiger partial charge in [-0.1, -0.05) is 28.6 Å². The van der Waals surface area contributed by atoms with Crippen molar-refractivity contribution in [3.63, 3.8) is 0 Å². The highest BCUT2D eigenvalue weighted by Crippen LogP contribution is 2.18. The molecule has 1 saturated heterocycles. The molecule has 12 heteroatoms. The van der Waals surface area contributed by atoms with Gasteiger partial charge in [-0.2, -0.15) is 4.39 Å². The van der Waals surface area contributed by atoms with Crippen molar-refractivity contribution in [3.05, 3.63) is 41.2 Å². The first-order valence-corrected chi connectivity index (χ1v) is 12.0. The molecule has 0 saturated carbocycles. The molecule has 1 aliphatic heterocycles. The van der Waals surface area contributed by atoms with E-state index in [2.05, 4.69) is 15.5 Å². The number of aromatic nitrogens is 1. The smallest absolute Gasteiger partial charge is 0.280 e. The lowest BCUT2D eigenvalue weighted by Gasteiger charge is -2.10. The molecule has 31 heavy (non-hydrogen) atoms. The lowest BCUT2D eigenvalue weighted by molar-refractivity contribution is -0.110. The molecule has 1 atom stereocenters. The van der Waals surface area contributed by atoms with E-state index in [0.717, 1.165) is 6.20 Å². The first kappa shape index (κ1) is 23.3. The number of sulfone groups is 1. The van der Waals surface area contributed by atoms with E-state index in [9.17, 15) is 17.6 Å². The molecule has 1 aromatic carbocycles. The van der Waals surface area contributed by atoms with Crippen molar-refractivity contribution < 1.29 is 31.9 Å². The average molecular weight is 472 g/mol. The van der Waals surface area contributed by atoms with Crippen molar-refractivity contribution in [3.8, 4) is 0 Å². The topological polar surface area (TPSA) is 116 Å². The predicted octanol–water partition coefficient (Wildman–Crippen LogP) is 2.24. The largest absolute Gasteiger partial charge is 0.389 e. The van der Waals surface area contributed by atoms with Crippen LogP contribution in [-0.2, 0) is 28.9 Å². The summed E-state index contributed by atoms with van der Waals surface area (Å²) in [6.45, 7) is 3.20. The molecule has 2 heterocycles. The second-order valence-electron chi connectivity index (χ2n) is 6.49. The summed E-state index contributed by atoms with van der Waals surface area (Å²) in [7, 11) is -3.53. The number of benzene rings is 1. The van der Waals surface area contributed by atoms with Crippen LogP contribution in [0.1, 0.15) is 18.9 Å². The quantitative estimate of drug-likeness (QED) is 0.321. The number of anilines is 1. The Morgan fingerprint density at radius 2 is 2.16 bits per heavy atom. The second-order valence-corrected chi connectivity index (χ2v) is 9.58. The molecule has 168 valence electrons. The van der Waals surface area contributed by atoms with Crippen LogP contribution in [-0.4, -0.2) is 63.3 Å². The number of hydrogen-bond donors (Lipinski definition) is 1. The van der Waals surface area contributed by atoms with E-state index in [4.69, 9.17) is 14.3 Å². The van der Waals surface area contributed by atoms with Crippen LogP contribution in [0.4, 0.5) is 9.52 Å². The number of halogens is 1. The van der Waals surface area contributed by atoms with Gasteiger partial charge < -0.3 is 14.3 Å². The van der Waals surface area contributed by atoms with E-state index < -0.39 is 20.9 Å². The van der Waals surface area contributed by atoms with Gasteiger partial charge in [-0.3, -0.25) is 10.1 Å². The van der Waals surface area contributed by atoms with E-state index >= 15 is 0 Å². The van der Waals surface area contributed by atoms with Gasteiger partial charge in [-0.25, -0.2) is 13.4 Å². The van der Waals surface area contributed by atoms with Gasteiger partial charge in [0.05, 0.1) is 36.7 Å². The van der Waals surface area contributed by atoms with Crippen LogP contribution in [0.15, 0.2) is 40.5 Å². The van der Waals surface area contributed by atoms with Crippen LogP contribution in [0, 0.1) is 5.13 Å². The maximum atomic E-state index is 13.2. The molecule has 1 aromatic heterocycles. The number of nitrogens with zero attached hydrogens (tertiary/aromatic N) is 2. The summed E-state index contributed by atoms with van der Waals surface area (Å²) in [5.41, 5.74) is 0.234. The molecule has 1 N–H and O–H groups in total. The van der Waals surface area contributed by atoms with Gasteiger partial charge in [0.25, 0.3) is 5.91 Å². The maximum Gasteiger partial charge on any atom is 0.280 e. The van der Waals surface area contributed by atoms with E-state index in [0.29, 0.717) is 43.1 Å². The zero-order chi connectivity index (χ0) is 22.3. The monoisotopic (exact) mass is 471 g/mol. The lowest BCUT2D eigenvalue weighted by Crippen LogP contribution is -2.25. The van der Waals surface area contributed by atoms with Crippen LogP contribution in [0.5, 0.6) is 0 Å². The Labute approximate surface area is 183 Å². The summed E-state index contributed by atoms with van der Waals surface area (Å²) >= 11 is 0.671. The Morgan fingerprint density at radius 1 is 1.39 bits per heavy atom. The number of rotatable bonds is 10. The summed E-state index contributed by atoms with van der Waals surface area (Å²) in [5.74, 6) is -0.817. The highest BCUT2D eigenvalue weighted by Gasteiger charge is 2.22. The summed E-state index contributed by atoms with van der Waals surface area (Å²) in [4.78, 5) is 22.0. The second kappa shape index (κ2) is 10.8. The Balaban J connectivity index is 1.80. The van der Waals surface area contributed by atoms with Crippen LogP contribution in [0.2, 0.25) is 0 Å². The molecule has 1 amide bonds. The van der Waals surface area contributed by atoms with E-state index in [1.165, 1.54) is 24.3 Å². The number of amides is 1. The van der Waals surface area contributed by atoms with Gasteiger partial charge in [0, 0.05) is 18.6 Å². The lowest BCUT2D eigenvalue weighted by atomic mass is 10.1. The van der Waals surface area contributed by atoms with Crippen molar-refractivity contribution in [2.24, 2.45) is 5.16 Å². The standard InChI is InChI=1S/C19H22FN3O6S2/c1-2-27-9-10-31(25,26)15-5-3-13(4-6-15)17(23-29-14-7-8-28-12-14)18(24)22-19-21-11-16(20)30-19/h3-6,11,14H,2,7-10,12H2,1H3,(H,21,22,24)/t14-/m1/s1. The Bertz CT molecular complexity index is 1020. The summed E-state index contributed by atoms with van der Waals surface area (Å²) in [6, 6.07) is 5.70. The minimum absolute atomic E-state index is 0.0644. The van der Waals surface area contributed by atoms with E-state index in [1.807, 2.05) is 0 Å². The Morgan fingerprint density at radius 3 is 2.77 bits per heavy atom. The first-order chi connectivity index (χ1) is 14.9.